The zero-order chi connectivity index (χ0) is 24.3. The number of carbonyl (C=O) groups excluding carboxylic acids is 2. The third-order valence-corrected chi connectivity index (χ3v) is 6.61. The summed E-state index contributed by atoms with van der Waals surface area (Å²) in [6, 6.07) is 9.42. The third kappa shape index (κ3) is 6.58. The molecule has 0 aromatic heterocycles. The normalized spacial score (nSPS) is 13.0. The van der Waals surface area contributed by atoms with Gasteiger partial charge in [0.15, 0.2) is 0 Å². The van der Waals surface area contributed by atoms with E-state index in [1.54, 1.807) is 6.07 Å². The van der Waals surface area contributed by atoms with Crippen LogP contribution in [-0.2, 0) is 4.79 Å². The summed E-state index contributed by atoms with van der Waals surface area (Å²) in [7, 11) is 0. The summed E-state index contributed by atoms with van der Waals surface area (Å²) in [5.41, 5.74) is 2.09. The Morgan fingerprint density at radius 2 is 1.47 bits per heavy atom. The largest absolute Gasteiger partial charge is 0.481 e. The molecule has 0 spiro atoms. The molecule has 0 saturated heterocycles. The van der Waals surface area contributed by atoms with E-state index in [0.717, 1.165) is 29.4 Å². The molecular weight excluding hydrogens is 428 g/mol. The standard InChI is InChI=1S/C28H38N2O4/c1-2-3-4-5-6-7-8-11-19-29-24-18-17-23-26-21(24)14-13-15-22(26)27(33)30(28(23)34)20-12-9-10-16-25(31)32/h13-15,17-18,29H,2-12,16,19-20H2,1H3,(H,31,32). The van der Waals surface area contributed by atoms with Gasteiger partial charge in [-0.05, 0) is 37.5 Å². The molecule has 0 saturated carbocycles. The summed E-state index contributed by atoms with van der Waals surface area (Å²) in [6.07, 6.45) is 12.1. The van der Waals surface area contributed by atoms with Gasteiger partial charge >= 0.3 is 5.97 Å². The molecule has 0 fully saturated rings. The number of carboxylic acids is 1. The number of nitrogens with one attached hydrogen (secondary N) is 1. The average molecular weight is 467 g/mol. The SMILES string of the molecule is CCCCCCCCCCNc1ccc2c3c(cccc13)C(=O)N(CCCCCC(=O)O)C2=O. The van der Waals surface area contributed by atoms with Gasteiger partial charge in [-0.3, -0.25) is 19.3 Å². The van der Waals surface area contributed by atoms with Crippen molar-refractivity contribution < 1.29 is 19.5 Å². The lowest BCUT2D eigenvalue weighted by Crippen LogP contribution is -2.40. The van der Waals surface area contributed by atoms with Gasteiger partial charge in [-0.25, -0.2) is 0 Å². The smallest absolute Gasteiger partial charge is 0.303 e. The molecule has 2 N–H and O–H groups in total. The number of imide groups is 1. The number of amides is 2. The Balaban J connectivity index is 1.59. The molecule has 184 valence electrons. The van der Waals surface area contributed by atoms with E-state index in [9.17, 15) is 14.4 Å². The maximum atomic E-state index is 13.1. The number of anilines is 1. The van der Waals surface area contributed by atoms with E-state index < -0.39 is 5.97 Å². The van der Waals surface area contributed by atoms with E-state index in [-0.39, 0.29) is 18.2 Å². The van der Waals surface area contributed by atoms with Crippen LogP contribution >= 0.6 is 0 Å². The second-order valence-corrected chi connectivity index (χ2v) is 9.26. The molecular formula is C28H38N2O4. The first-order valence-electron chi connectivity index (χ1n) is 12.9. The van der Waals surface area contributed by atoms with Gasteiger partial charge in [0, 0.05) is 47.1 Å². The van der Waals surface area contributed by atoms with Crippen LogP contribution in [0.5, 0.6) is 0 Å². The van der Waals surface area contributed by atoms with Gasteiger partial charge in [0.1, 0.15) is 0 Å². The van der Waals surface area contributed by atoms with E-state index in [4.69, 9.17) is 5.11 Å². The zero-order valence-corrected chi connectivity index (χ0v) is 20.4. The zero-order valence-electron chi connectivity index (χ0n) is 20.4. The fourth-order valence-corrected chi connectivity index (χ4v) is 4.71. The van der Waals surface area contributed by atoms with Gasteiger partial charge in [-0.15, -0.1) is 0 Å². The fourth-order valence-electron chi connectivity index (χ4n) is 4.71. The first-order chi connectivity index (χ1) is 16.5. The van der Waals surface area contributed by atoms with Crippen LogP contribution in [0.15, 0.2) is 30.3 Å². The molecule has 0 aliphatic carbocycles. The highest BCUT2D eigenvalue weighted by Gasteiger charge is 2.32. The van der Waals surface area contributed by atoms with Crippen molar-refractivity contribution in [3.8, 4) is 0 Å². The van der Waals surface area contributed by atoms with E-state index in [1.807, 2.05) is 24.3 Å². The number of nitrogens with zero attached hydrogens (tertiary/aromatic N) is 1. The molecule has 1 heterocycles. The maximum Gasteiger partial charge on any atom is 0.303 e. The number of aliphatic carboxylic acids is 1. The Kier molecular flexibility index (Phi) is 9.92. The monoisotopic (exact) mass is 466 g/mol. The predicted octanol–water partition coefficient (Wildman–Crippen LogP) is 6.63. The molecule has 1 aliphatic heterocycles. The first kappa shape index (κ1) is 25.7. The number of benzene rings is 2. The van der Waals surface area contributed by atoms with Crippen LogP contribution in [0.4, 0.5) is 5.69 Å². The van der Waals surface area contributed by atoms with Crippen LogP contribution in [0.1, 0.15) is 105 Å². The number of hydrogen-bond donors (Lipinski definition) is 2. The molecule has 6 heteroatoms. The topological polar surface area (TPSA) is 86.7 Å². The summed E-state index contributed by atoms with van der Waals surface area (Å²) in [5, 5.41) is 13.9. The Labute approximate surface area is 202 Å². The minimum absolute atomic E-state index is 0.110. The molecule has 2 aromatic carbocycles. The maximum absolute atomic E-state index is 13.1. The molecule has 3 rings (SSSR count). The highest BCUT2D eigenvalue weighted by Crippen LogP contribution is 2.34. The van der Waals surface area contributed by atoms with E-state index >= 15 is 0 Å². The average Bonchev–Trinajstić information content (AvgIpc) is 2.83. The number of hydrogen-bond acceptors (Lipinski definition) is 4. The summed E-state index contributed by atoms with van der Waals surface area (Å²) < 4.78 is 0. The van der Waals surface area contributed by atoms with Crippen molar-refractivity contribution in [1.29, 1.82) is 0 Å². The predicted molar refractivity (Wildman–Crippen MR) is 137 cm³/mol. The number of rotatable bonds is 16. The lowest BCUT2D eigenvalue weighted by atomic mass is 9.92. The van der Waals surface area contributed by atoms with Crippen molar-refractivity contribution in [2.24, 2.45) is 0 Å². The lowest BCUT2D eigenvalue weighted by Gasteiger charge is -2.28. The van der Waals surface area contributed by atoms with Crippen LogP contribution in [-0.4, -0.2) is 40.9 Å². The van der Waals surface area contributed by atoms with Crippen LogP contribution in [0, 0.1) is 0 Å². The van der Waals surface area contributed by atoms with Crippen LogP contribution in [0.25, 0.3) is 10.8 Å². The number of carbonyl (C=O) groups is 3. The summed E-state index contributed by atoms with van der Waals surface area (Å²) in [5.74, 6) is -1.35. The van der Waals surface area contributed by atoms with Gasteiger partial charge in [-0.2, -0.15) is 0 Å². The van der Waals surface area contributed by atoms with Gasteiger partial charge in [-0.1, -0.05) is 70.4 Å². The summed E-state index contributed by atoms with van der Waals surface area (Å²) in [6.45, 7) is 3.42. The Bertz CT molecular complexity index is 979. The van der Waals surface area contributed by atoms with Crippen molar-refractivity contribution in [3.05, 3.63) is 41.5 Å². The Morgan fingerprint density at radius 1 is 0.824 bits per heavy atom. The molecule has 0 unspecified atom stereocenters. The lowest BCUT2D eigenvalue weighted by molar-refractivity contribution is -0.137. The van der Waals surface area contributed by atoms with Crippen molar-refractivity contribution in [2.45, 2.75) is 84.0 Å². The van der Waals surface area contributed by atoms with Crippen molar-refractivity contribution in [2.75, 3.05) is 18.4 Å². The number of carboxylic acid groups (broad SMARTS) is 1. The molecule has 1 aliphatic rings. The molecule has 6 nitrogen and oxygen atoms in total. The Hall–Kier alpha value is -2.89. The molecule has 2 aromatic rings. The summed E-state index contributed by atoms with van der Waals surface area (Å²) in [4.78, 5) is 38.2. The van der Waals surface area contributed by atoms with E-state index in [2.05, 4.69) is 12.2 Å². The third-order valence-electron chi connectivity index (χ3n) is 6.61. The second kappa shape index (κ2) is 13.1. The quantitative estimate of drug-likeness (QED) is 0.214. The fraction of sp³-hybridized carbons (Fsp3) is 0.536. The Morgan fingerprint density at radius 3 is 2.18 bits per heavy atom. The molecule has 34 heavy (non-hydrogen) atoms. The number of unbranched alkanes of at least 4 members (excludes halogenated alkanes) is 9. The van der Waals surface area contributed by atoms with Gasteiger partial charge < -0.3 is 10.4 Å². The van der Waals surface area contributed by atoms with Crippen LogP contribution < -0.4 is 5.32 Å². The van der Waals surface area contributed by atoms with Gasteiger partial charge in [0.2, 0.25) is 0 Å². The van der Waals surface area contributed by atoms with Crippen LogP contribution in [0.2, 0.25) is 0 Å². The van der Waals surface area contributed by atoms with Crippen molar-refractivity contribution in [1.82, 2.24) is 4.90 Å². The molecule has 0 bridgehead atoms. The van der Waals surface area contributed by atoms with Crippen molar-refractivity contribution in [3.63, 3.8) is 0 Å². The minimum atomic E-state index is -0.822. The van der Waals surface area contributed by atoms with E-state index in [0.29, 0.717) is 36.9 Å². The van der Waals surface area contributed by atoms with Crippen molar-refractivity contribution >= 4 is 34.2 Å². The van der Waals surface area contributed by atoms with Crippen LogP contribution in [0.3, 0.4) is 0 Å². The molecule has 2 amide bonds. The molecule has 0 radical (unpaired) electrons. The summed E-state index contributed by atoms with van der Waals surface area (Å²) >= 11 is 0. The minimum Gasteiger partial charge on any atom is -0.481 e. The highest BCUT2D eigenvalue weighted by atomic mass is 16.4. The second-order valence-electron chi connectivity index (χ2n) is 9.26. The van der Waals surface area contributed by atoms with Gasteiger partial charge in [0.05, 0.1) is 0 Å². The first-order valence-corrected chi connectivity index (χ1v) is 12.9. The van der Waals surface area contributed by atoms with E-state index in [1.165, 1.54) is 49.8 Å². The highest BCUT2D eigenvalue weighted by molar-refractivity contribution is 6.26. The molecule has 0 atom stereocenters. The van der Waals surface area contributed by atoms with Gasteiger partial charge in [0.25, 0.3) is 11.8 Å².